The van der Waals surface area contributed by atoms with E-state index in [-0.39, 0.29) is 5.84 Å². The van der Waals surface area contributed by atoms with Crippen LogP contribution in [-0.2, 0) is 6.54 Å². The minimum atomic E-state index is 0.186. The van der Waals surface area contributed by atoms with Crippen LogP contribution < -0.4 is 5.73 Å². The van der Waals surface area contributed by atoms with Gasteiger partial charge in [-0.2, -0.15) is 0 Å². The second kappa shape index (κ2) is 6.48. The number of fused-ring (bicyclic) bond motifs is 1. The van der Waals surface area contributed by atoms with E-state index >= 15 is 0 Å². The first kappa shape index (κ1) is 14.4. The predicted molar refractivity (Wildman–Crippen MR) is 84.3 cm³/mol. The largest absolute Gasteiger partial charge is 0.409 e. The van der Waals surface area contributed by atoms with E-state index in [1.54, 1.807) is 0 Å². The Kier molecular flexibility index (Phi) is 4.44. The van der Waals surface area contributed by atoms with Gasteiger partial charge in [-0.25, -0.2) is 0 Å². The first-order chi connectivity index (χ1) is 10.3. The Labute approximate surface area is 126 Å². The highest BCUT2D eigenvalue weighted by Crippen LogP contribution is 2.35. The molecule has 1 saturated carbocycles. The molecule has 1 aromatic rings. The topological polar surface area (TPSA) is 61.9 Å². The smallest absolute Gasteiger partial charge is 0.170 e. The summed E-state index contributed by atoms with van der Waals surface area (Å²) in [6.45, 7) is 2.18. The second-order valence-electron chi connectivity index (χ2n) is 6.41. The fourth-order valence-corrected chi connectivity index (χ4v) is 4.05. The van der Waals surface area contributed by atoms with Gasteiger partial charge in [-0.05, 0) is 49.8 Å². The third-order valence-corrected chi connectivity index (χ3v) is 5.07. The lowest BCUT2D eigenvalue weighted by molar-refractivity contribution is 0.0547. The molecule has 1 saturated heterocycles. The van der Waals surface area contributed by atoms with Gasteiger partial charge in [0.25, 0.3) is 0 Å². The van der Waals surface area contributed by atoms with Gasteiger partial charge >= 0.3 is 0 Å². The molecule has 1 aliphatic heterocycles. The summed E-state index contributed by atoms with van der Waals surface area (Å²) in [5.41, 5.74) is 7.74. The van der Waals surface area contributed by atoms with Crippen LogP contribution in [0.2, 0.25) is 0 Å². The number of oxime groups is 1. The van der Waals surface area contributed by atoms with Gasteiger partial charge in [0.15, 0.2) is 5.84 Å². The third-order valence-electron chi connectivity index (χ3n) is 5.07. The van der Waals surface area contributed by atoms with E-state index in [1.165, 1.54) is 50.6 Å². The summed E-state index contributed by atoms with van der Waals surface area (Å²) < 4.78 is 0. The van der Waals surface area contributed by atoms with Crippen molar-refractivity contribution in [1.29, 1.82) is 0 Å². The summed E-state index contributed by atoms with van der Waals surface area (Å²) in [5, 5.41) is 11.9. The normalized spacial score (nSPS) is 27.3. The molecule has 1 aliphatic carbocycles. The minimum Gasteiger partial charge on any atom is -0.409 e. The van der Waals surface area contributed by atoms with Crippen molar-refractivity contribution in [2.75, 3.05) is 6.54 Å². The van der Waals surface area contributed by atoms with Gasteiger partial charge in [-0.1, -0.05) is 36.2 Å². The fraction of sp³-hybridized carbons (Fsp3) is 0.588. The number of likely N-dealkylation sites (tertiary alicyclic amines) is 1. The number of benzene rings is 1. The standard InChI is InChI=1S/C17H25N3O/c18-17(19-21)15-7-3-5-13(11-15)12-20-10-4-8-14-6-1-2-9-16(14)20/h3,5,7,11,14,16,21H,1-2,4,6,8-10,12H2,(H2,18,19). The van der Waals surface area contributed by atoms with Gasteiger partial charge < -0.3 is 10.9 Å². The quantitative estimate of drug-likeness (QED) is 0.389. The molecule has 21 heavy (non-hydrogen) atoms. The van der Waals surface area contributed by atoms with E-state index < -0.39 is 0 Å². The Hall–Kier alpha value is -1.55. The van der Waals surface area contributed by atoms with Crippen molar-refractivity contribution in [1.82, 2.24) is 4.90 Å². The molecule has 1 aromatic carbocycles. The van der Waals surface area contributed by atoms with E-state index in [4.69, 9.17) is 10.9 Å². The molecule has 4 heteroatoms. The van der Waals surface area contributed by atoms with Crippen molar-refractivity contribution >= 4 is 5.84 Å². The van der Waals surface area contributed by atoms with Gasteiger partial charge in [-0.3, -0.25) is 4.90 Å². The molecule has 3 N–H and O–H groups in total. The summed E-state index contributed by atoms with van der Waals surface area (Å²) in [5.74, 6) is 1.09. The van der Waals surface area contributed by atoms with Crippen LogP contribution in [0, 0.1) is 5.92 Å². The van der Waals surface area contributed by atoms with Crippen molar-refractivity contribution in [3.05, 3.63) is 35.4 Å². The highest BCUT2D eigenvalue weighted by atomic mass is 16.4. The Bertz CT molecular complexity index is 513. The summed E-state index contributed by atoms with van der Waals surface area (Å²) >= 11 is 0. The predicted octanol–water partition coefficient (Wildman–Crippen LogP) is 2.94. The Balaban J connectivity index is 1.73. The summed E-state index contributed by atoms with van der Waals surface area (Å²) in [6, 6.07) is 8.82. The number of hydrogen-bond donors (Lipinski definition) is 2. The summed E-state index contributed by atoms with van der Waals surface area (Å²) in [7, 11) is 0. The molecular weight excluding hydrogens is 262 g/mol. The zero-order valence-electron chi connectivity index (χ0n) is 12.5. The average Bonchev–Trinajstić information content (AvgIpc) is 2.55. The highest BCUT2D eigenvalue weighted by molar-refractivity contribution is 5.97. The molecule has 2 atom stereocenters. The van der Waals surface area contributed by atoms with Crippen LogP contribution >= 0.6 is 0 Å². The molecule has 0 aromatic heterocycles. The molecule has 3 rings (SSSR count). The van der Waals surface area contributed by atoms with E-state index in [9.17, 15) is 0 Å². The van der Waals surface area contributed by atoms with E-state index in [0.717, 1.165) is 24.1 Å². The van der Waals surface area contributed by atoms with E-state index in [2.05, 4.69) is 16.1 Å². The van der Waals surface area contributed by atoms with E-state index in [0.29, 0.717) is 0 Å². The molecule has 0 radical (unpaired) electrons. The number of nitrogens with two attached hydrogens (primary N) is 1. The summed E-state index contributed by atoms with van der Waals surface area (Å²) in [4.78, 5) is 2.65. The van der Waals surface area contributed by atoms with Gasteiger partial charge in [0, 0.05) is 18.2 Å². The van der Waals surface area contributed by atoms with Crippen molar-refractivity contribution in [3.63, 3.8) is 0 Å². The zero-order chi connectivity index (χ0) is 14.7. The van der Waals surface area contributed by atoms with Gasteiger partial charge in [0.1, 0.15) is 0 Å². The van der Waals surface area contributed by atoms with Crippen LogP contribution in [0.25, 0.3) is 0 Å². The molecular formula is C17H25N3O. The molecule has 2 fully saturated rings. The molecule has 0 amide bonds. The first-order valence-corrected chi connectivity index (χ1v) is 8.09. The van der Waals surface area contributed by atoms with Crippen molar-refractivity contribution in [3.8, 4) is 0 Å². The molecule has 2 aliphatic rings. The molecule has 2 unspecified atom stereocenters. The molecule has 4 nitrogen and oxygen atoms in total. The van der Waals surface area contributed by atoms with E-state index in [1.807, 2.05) is 18.2 Å². The highest BCUT2D eigenvalue weighted by Gasteiger charge is 2.32. The average molecular weight is 287 g/mol. The Morgan fingerprint density at radius 2 is 2.05 bits per heavy atom. The molecule has 1 heterocycles. The van der Waals surface area contributed by atoms with Crippen LogP contribution in [0.1, 0.15) is 49.7 Å². The second-order valence-corrected chi connectivity index (χ2v) is 6.41. The minimum absolute atomic E-state index is 0.186. The molecule has 114 valence electrons. The molecule has 0 bridgehead atoms. The lowest BCUT2D eigenvalue weighted by Gasteiger charge is -2.44. The maximum absolute atomic E-state index is 8.81. The van der Waals surface area contributed by atoms with Crippen molar-refractivity contribution in [2.45, 2.75) is 51.1 Å². The van der Waals surface area contributed by atoms with Gasteiger partial charge in [0.2, 0.25) is 0 Å². The Morgan fingerprint density at radius 3 is 2.90 bits per heavy atom. The van der Waals surface area contributed by atoms with Crippen LogP contribution in [0.15, 0.2) is 29.4 Å². The maximum Gasteiger partial charge on any atom is 0.170 e. The maximum atomic E-state index is 8.81. The lowest BCUT2D eigenvalue weighted by Crippen LogP contribution is -2.46. The number of rotatable bonds is 3. The Morgan fingerprint density at radius 1 is 1.24 bits per heavy atom. The SMILES string of the molecule is N/C(=N\O)c1cccc(CN2CCCC3CCCCC32)c1. The van der Waals surface area contributed by atoms with Gasteiger partial charge in [0.05, 0.1) is 0 Å². The fourth-order valence-electron chi connectivity index (χ4n) is 4.05. The van der Waals surface area contributed by atoms with Crippen LogP contribution in [0.5, 0.6) is 0 Å². The zero-order valence-corrected chi connectivity index (χ0v) is 12.5. The van der Waals surface area contributed by atoms with Gasteiger partial charge in [-0.15, -0.1) is 0 Å². The number of nitrogens with zero attached hydrogens (tertiary/aromatic N) is 2. The summed E-state index contributed by atoms with van der Waals surface area (Å²) in [6.07, 6.45) is 8.28. The first-order valence-electron chi connectivity index (χ1n) is 8.09. The number of hydrogen-bond acceptors (Lipinski definition) is 3. The van der Waals surface area contributed by atoms with Crippen LogP contribution in [0.4, 0.5) is 0 Å². The van der Waals surface area contributed by atoms with Crippen molar-refractivity contribution < 1.29 is 5.21 Å². The third kappa shape index (κ3) is 3.21. The van der Waals surface area contributed by atoms with Crippen LogP contribution in [0.3, 0.4) is 0 Å². The molecule has 0 spiro atoms. The van der Waals surface area contributed by atoms with Crippen molar-refractivity contribution in [2.24, 2.45) is 16.8 Å². The monoisotopic (exact) mass is 287 g/mol. The van der Waals surface area contributed by atoms with Crippen LogP contribution in [-0.4, -0.2) is 28.5 Å². The number of piperidine rings is 1. The number of amidine groups is 1. The lowest BCUT2D eigenvalue weighted by atomic mass is 9.78.